The predicted molar refractivity (Wildman–Crippen MR) is 60.1 cm³/mol. The maximum absolute atomic E-state index is 11.7. The molecule has 2 heterocycles. The molecule has 0 bridgehead atoms. The number of carbonyl (C=O) groups excluding carboxylic acids is 1. The zero-order valence-electron chi connectivity index (χ0n) is 9.08. The van der Waals surface area contributed by atoms with Crippen molar-refractivity contribution in [2.75, 3.05) is 5.32 Å². The fraction of sp³-hybridized carbons (Fsp3) is 0.0909. The number of hydrogen-bond donors (Lipinski definition) is 1. The van der Waals surface area contributed by atoms with Crippen LogP contribution in [0.5, 0.6) is 0 Å². The molecule has 6 nitrogen and oxygen atoms in total. The maximum atomic E-state index is 11.7. The van der Waals surface area contributed by atoms with Crippen molar-refractivity contribution in [2.24, 2.45) is 7.05 Å². The van der Waals surface area contributed by atoms with E-state index < -0.39 is 0 Å². The highest BCUT2D eigenvalue weighted by Crippen LogP contribution is 2.06. The van der Waals surface area contributed by atoms with Crippen LogP contribution in [0.1, 0.15) is 16.1 Å². The molecule has 1 N–H and O–H groups in total. The van der Waals surface area contributed by atoms with Crippen LogP contribution in [0.3, 0.4) is 0 Å². The average molecular weight is 227 g/mol. The van der Waals surface area contributed by atoms with Crippen LogP contribution in [0, 0.1) is 11.3 Å². The second-order valence-electron chi connectivity index (χ2n) is 3.40. The van der Waals surface area contributed by atoms with E-state index in [4.69, 9.17) is 5.26 Å². The first kappa shape index (κ1) is 10.8. The summed E-state index contributed by atoms with van der Waals surface area (Å²) >= 11 is 0. The van der Waals surface area contributed by atoms with Gasteiger partial charge in [-0.25, -0.2) is 4.98 Å². The molecular weight excluding hydrogens is 218 g/mol. The van der Waals surface area contributed by atoms with Crippen LogP contribution in [0.4, 0.5) is 5.69 Å². The Labute approximate surface area is 97.5 Å². The second kappa shape index (κ2) is 4.45. The molecule has 0 aliphatic heterocycles. The molecule has 2 aromatic heterocycles. The molecule has 2 rings (SSSR count). The summed E-state index contributed by atoms with van der Waals surface area (Å²) in [6.07, 6.45) is 4.58. The zero-order valence-corrected chi connectivity index (χ0v) is 9.08. The maximum Gasteiger partial charge on any atom is 0.274 e. The zero-order chi connectivity index (χ0) is 12.3. The van der Waals surface area contributed by atoms with Gasteiger partial charge in [-0.05, 0) is 12.1 Å². The highest BCUT2D eigenvalue weighted by Gasteiger charge is 2.08. The molecule has 0 aromatic carbocycles. The topological polar surface area (TPSA) is 83.6 Å². The Morgan fingerprint density at radius 3 is 2.82 bits per heavy atom. The van der Waals surface area contributed by atoms with Crippen LogP contribution in [0.15, 0.2) is 30.7 Å². The third kappa shape index (κ3) is 2.46. The van der Waals surface area contributed by atoms with E-state index in [-0.39, 0.29) is 11.6 Å². The molecule has 0 spiro atoms. The van der Waals surface area contributed by atoms with Gasteiger partial charge < -0.3 is 5.32 Å². The molecule has 84 valence electrons. The van der Waals surface area contributed by atoms with Gasteiger partial charge in [0, 0.05) is 19.4 Å². The van der Waals surface area contributed by atoms with E-state index in [1.807, 2.05) is 6.07 Å². The van der Waals surface area contributed by atoms with Crippen molar-refractivity contribution in [3.8, 4) is 6.07 Å². The first-order chi connectivity index (χ1) is 8.19. The number of anilines is 1. The smallest absolute Gasteiger partial charge is 0.274 e. The lowest BCUT2D eigenvalue weighted by molar-refractivity contribution is 0.102. The van der Waals surface area contributed by atoms with Gasteiger partial charge >= 0.3 is 0 Å². The summed E-state index contributed by atoms with van der Waals surface area (Å²) in [5, 5.41) is 15.2. The number of aryl methyl sites for hydroxylation is 1. The standard InChI is InChI=1S/C11H9N5O/c1-16-7-9(6-14-16)15-11(17)10-3-2-8(4-12)5-13-10/h2-3,5-7H,1H3,(H,15,17). The molecule has 0 aliphatic carbocycles. The molecule has 0 fully saturated rings. The highest BCUT2D eigenvalue weighted by molar-refractivity contribution is 6.02. The number of nitriles is 1. The van der Waals surface area contributed by atoms with E-state index >= 15 is 0 Å². The Morgan fingerprint density at radius 1 is 1.47 bits per heavy atom. The van der Waals surface area contributed by atoms with Gasteiger partial charge in [0.1, 0.15) is 11.8 Å². The van der Waals surface area contributed by atoms with Gasteiger partial charge in [0.25, 0.3) is 5.91 Å². The molecule has 6 heteroatoms. The van der Waals surface area contributed by atoms with Gasteiger partial charge in [-0.2, -0.15) is 10.4 Å². The van der Waals surface area contributed by atoms with Crippen LogP contribution in [-0.2, 0) is 7.05 Å². The van der Waals surface area contributed by atoms with Crippen LogP contribution < -0.4 is 5.32 Å². The van der Waals surface area contributed by atoms with Crippen molar-refractivity contribution in [2.45, 2.75) is 0 Å². The van der Waals surface area contributed by atoms with Crippen molar-refractivity contribution in [3.63, 3.8) is 0 Å². The average Bonchev–Trinajstić information content (AvgIpc) is 2.75. The minimum absolute atomic E-state index is 0.257. The Hall–Kier alpha value is -2.68. The normalized spacial score (nSPS) is 9.65. The molecule has 0 radical (unpaired) electrons. The highest BCUT2D eigenvalue weighted by atomic mass is 16.1. The fourth-order valence-corrected chi connectivity index (χ4v) is 1.28. The molecule has 0 aliphatic rings. The number of nitrogens with zero attached hydrogens (tertiary/aromatic N) is 4. The van der Waals surface area contributed by atoms with Crippen LogP contribution in [-0.4, -0.2) is 20.7 Å². The van der Waals surface area contributed by atoms with E-state index in [9.17, 15) is 4.79 Å². The molecule has 0 atom stereocenters. The summed E-state index contributed by atoms with van der Waals surface area (Å²) in [7, 11) is 1.76. The van der Waals surface area contributed by atoms with E-state index in [1.54, 1.807) is 30.2 Å². The van der Waals surface area contributed by atoms with Gasteiger partial charge in [-0.1, -0.05) is 0 Å². The summed E-state index contributed by atoms with van der Waals surface area (Å²) in [4.78, 5) is 15.6. The summed E-state index contributed by atoms with van der Waals surface area (Å²) in [5.41, 5.74) is 1.28. The van der Waals surface area contributed by atoms with Gasteiger partial charge in [0.15, 0.2) is 0 Å². The SMILES string of the molecule is Cn1cc(NC(=O)c2ccc(C#N)cn2)cn1. The van der Waals surface area contributed by atoms with Crippen molar-refractivity contribution < 1.29 is 4.79 Å². The van der Waals surface area contributed by atoms with Crippen LogP contribution >= 0.6 is 0 Å². The van der Waals surface area contributed by atoms with E-state index in [2.05, 4.69) is 15.4 Å². The summed E-state index contributed by atoms with van der Waals surface area (Å²) < 4.78 is 1.59. The van der Waals surface area contributed by atoms with Gasteiger partial charge in [-0.3, -0.25) is 9.48 Å². The quantitative estimate of drug-likeness (QED) is 0.827. The molecule has 0 saturated heterocycles. The van der Waals surface area contributed by atoms with Gasteiger partial charge in [-0.15, -0.1) is 0 Å². The van der Waals surface area contributed by atoms with Crippen molar-refractivity contribution in [3.05, 3.63) is 42.0 Å². The van der Waals surface area contributed by atoms with Gasteiger partial charge in [0.05, 0.1) is 17.4 Å². The Bertz CT molecular complexity index is 579. The number of amides is 1. The second-order valence-corrected chi connectivity index (χ2v) is 3.40. The van der Waals surface area contributed by atoms with Crippen LogP contribution in [0.25, 0.3) is 0 Å². The number of rotatable bonds is 2. The number of pyridine rings is 1. The van der Waals surface area contributed by atoms with E-state index in [0.29, 0.717) is 11.3 Å². The lowest BCUT2D eigenvalue weighted by atomic mass is 10.2. The Balaban J connectivity index is 2.12. The van der Waals surface area contributed by atoms with E-state index in [0.717, 1.165) is 0 Å². The Kier molecular flexibility index (Phi) is 2.83. The number of aromatic nitrogens is 3. The number of carbonyl (C=O) groups is 1. The van der Waals surface area contributed by atoms with Crippen molar-refractivity contribution in [1.29, 1.82) is 5.26 Å². The fourth-order valence-electron chi connectivity index (χ4n) is 1.28. The molecular formula is C11H9N5O. The summed E-state index contributed by atoms with van der Waals surface area (Å²) in [6.45, 7) is 0. The predicted octanol–water partition coefficient (Wildman–Crippen LogP) is 0.939. The largest absolute Gasteiger partial charge is 0.318 e. The first-order valence-electron chi connectivity index (χ1n) is 4.85. The third-order valence-electron chi connectivity index (χ3n) is 2.09. The summed E-state index contributed by atoms with van der Waals surface area (Å²) in [6, 6.07) is 4.99. The minimum atomic E-state index is -0.331. The lowest BCUT2D eigenvalue weighted by Crippen LogP contribution is -2.13. The monoisotopic (exact) mass is 227 g/mol. The molecule has 17 heavy (non-hydrogen) atoms. The van der Waals surface area contributed by atoms with E-state index in [1.165, 1.54) is 12.3 Å². The van der Waals surface area contributed by atoms with Crippen LogP contribution in [0.2, 0.25) is 0 Å². The first-order valence-corrected chi connectivity index (χ1v) is 4.85. The Morgan fingerprint density at radius 2 is 2.29 bits per heavy atom. The third-order valence-corrected chi connectivity index (χ3v) is 2.09. The summed E-state index contributed by atoms with van der Waals surface area (Å²) in [5.74, 6) is -0.331. The van der Waals surface area contributed by atoms with Crippen molar-refractivity contribution in [1.82, 2.24) is 14.8 Å². The molecule has 0 unspecified atom stereocenters. The number of hydrogen-bond acceptors (Lipinski definition) is 4. The lowest BCUT2D eigenvalue weighted by Gasteiger charge is -2.00. The molecule has 1 amide bonds. The number of nitrogens with one attached hydrogen (secondary N) is 1. The molecule has 2 aromatic rings. The minimum Gasteiger partial charge on any atom is -0.318 e. The molecule has 0 saturated carbocycles. The van der Waals surface area contributed by atoms with Gasteiger partial charge in [0.2, 0.25) is 0 Å². The van der Waals surface area contributed by atoms with Crippen molar-refractivity contribution >= 4 is 11.6 Å².